The Morgan fingerprint density at radius 1 is 1.29 bits per heavy atom. The molecule has 0 atom stereocenters. The maximum atomic E-state index is 11.3. The number of hydrogen-bond acceptors (Lipinski definition) is 4. The minimum atomic E-state index is -0.158. The zero-order valence-electron chi connectivity index (χ0n) is 11.2. The fraction of sp³-hybridized carbons (Fsp3) is 0.125. The van der Waals surface area contributed by atoms with Crippen LogP contribution >= 0.6 is 0 Å². The Hall–Kier alpha value is -3.00. The van der Waals surface area contributed by atoms with Gasteiger partial charge in [-0.1, -0.05) is 18.2 Å². The van der Waals surface area contributed by atoms with Crippen LogP contribution in [0, 0.1) is 11.3 Å². The van der Waals surface area contributed by atoms with E-state index in [-0.39, 0.29) is 12.5 Å². The first kappa shape index (κ1) is 13.0. The first-order chi connectivity index (χ1) is 10.3. The zero-order valence-corrected chi connectivity index (χ0v) is 11.2. The third-order valence-electron chi connectivity index (χ3n) is 3.23. The van der Waals surface area contributed by atoms with Gasteiger partial charge in [-0.15, -0.1) is 0 Å². The Labute approximate surface area is 122 Å². The van der Waals surface area contributed by atoms with Crippen LogP contribution in [-0.2, 0) is 11.3 Å². The van der Waals surface area contributed by atoms with Gasteiger partial charge in [0.25, 0.3) is 5.91 Å². The van der Waals surface area contributed by atoms with Gasteiger partial charge in [0.05, 0.1) is 17.3 Å². The number of nitrogens with zero attached hydrogens (tertiary/aromatic N) is 1. The molecule has 1 aliphatic heterocycles. The number of fused-ring (bicyclic) bond motifs is 1. The largest absolute Gasteiger partial charge is 0.482 e. The van der Waals surface area contributed by atoms with Crippen molar-refractivity contribution in [3.8, 4) is 11.8 Å². The maximum absolute atomic E-state index is 11.3. The fourth-order valence-corrected chi connectivity index (χ4v) is 2.17. The highest BCUT2D eigenvalue weighted by molar-refractivity contribution is 5.96. The normalized spacial score (nSPS) is 12.6. The second-order valence-electron chi connectivity index (χ2n) is 4.67. The van der Waals surface area contributed by atoms with E-state index >= 15 is 0 Å². The summed E-state index contributed by atoms with van der Waals surface area (Å²) >= 11 is 0. The van der Waals surface area contributed by atoms with E-state index in [0.717, 1.165) is 11.3 Å². The topological polar surface area (TPSA) is 74.2 Å². The van der Waals surface area contributed by atoms with Gasteiger partial charge in [-0.3, -0.25) is 4.79 Å². The van der Waals surface area contributed by atoms with Crippen molar-refractivity contribution in [1.82, 2.24) is 0 Å². The number of ether oxygens (including phenoxy) is 1. The summed E-state index contributed by atoms with van der Waals surface area (Å²) in [5.41, 5.74) is 3.09. The van der Waals surface area contributed by atoms with Gasteiger partial charge in [0.1, 0.15) is 5.75 Å². The van der Waals surface area contributed by atoms with E-state index in [0.29, 0.717) is 23.5 Å². The Kier molecular flexibility index (Phi) is 3.44. The monoisotopic (exact) mass is 279 g/mol. The van der Waals surface area contributed by atoms with Crippen molar-refractivity contribution in [3.05, 3.63) is 53.6 Å². The molecule has 0 bridgehead atoms. The van der Waals surface area contributed by atoms with Crippen LogP contribution in [0.4, 0.5) is 11.4 Å². The molecule has 0 radical (unpaired) electrons. The molecule has 3 rings (SSSR count). The minimum Gasteiger partial charge on any atom is -0.482 e. The second-order valence-corrected chi connectivity index (χ2v) is 4.67. The summed E-state index contributed by atoms with van der Waals surface area (Å²) in [5, 5.41) is 15.1. The summed E-state index contributed by atoms with van der Waals surface area (Å²) < 4.78 is 5.31. The number of benzene rings is 2. The molecule has 21 heavy (non-hydrogen) atoms. The summed E-state index contributed by atoms with van der Waals surface area (Å²) in [6.45, 7) is 0.590. The molecular formula is C16H13N3O2. The Morgan fingerprint density at radius 3 is 3.00 bits per heavy atom. The van der Waals surface area contributed by atoms with Crippen molar-refractivity contribution in [1.29, 1.82) is 5.26 Å². The SMILES string of the molecule is N#Cc1ccccc1CNc1ccc2c(c1)NC(=O)CO2. The van der Waals surface area contributed by atoms with Crippen molar-refractivity contribution in [2.45, 2.75) is 6.54 Å². The van der Waals surface area contributed by atoms with Crippen molar-refractivity contribution in [3.63, 3.8) is 0 Å². The van der Waals surface area contributed by atoms with Crippen LogP contribution in [0.1, 0.15) is 11.1 Å². The van der Waals surface area contributed by atoms with E-state index in [1.807, 2.05) is 36.4 Å². The number of anilines is 2. The molecule has 2 aromatic carbocycles. The van der Waals surface area contributed by atoms with Crippen LogP contribution < -0.4 is 15.4 Å². The predicted molar refractivity (Wildman–Crippen MR) is 79.1 cm³/mol. The molecule has 5 nitrogen and oxygen atoms in total. The minimum absolute atomic E-state index is 0.0509. The van der Waals surface area contributed by atoms with Gasteiger partial charge in [0.15, 0.2) is 6.61 Å². The van der Waals surface area contributed by atoms with Crippen molar-refractivity contribution < 1.29 is 9.53 Å². The highest BCUT2D eigenvalue weighted by atomic mass is 16.5. The molecule has 0 saturated heterocycles. The lowest BCUT2D eigenvalue weighted by Crippen LogP contribution is -2.25. The molecule has 1 aliphatic rings. The lowest BCUT2D eigenvalue weighted by molar-refractivity contribution is -0.118. The molecule has 0 fully saturated rings. The van der Waals surface area contributed by atoms with Crippen LogP contribution in [-0.4, -0.2) is 12.5 Å². The van der Waals surface area contributed by atoms with Gasteiger partial charge in [0.2, 0.25) is 0 Å². The van der Waals surface area contributed by atoms with Crippen LogP contribution in [0.5, 0.6) is 5.75 Å². The van der Waals surface area contributed by atoms with Gasteiger partial charge in [0, 0.05) is 12.2 Å². The summed E-state index contributed by atoms with van der Waals surface area (Å²) in [6, 6.07) is 15.1. The molecule has 104 valence electrons. The third kappa shape index (κ3) is 2.79. The molecule has 2 N–H and O–H groups in total. The average Bonchev–Trinajstić information content (AvgIpc) is 2.52. The Bertz CT molecular complexity index is 735. The number of hydrogen-bond donors (Lipinski definition) is 2. The Balaban J connectivity index is 1.76. The number of carbonyl (C=O) groups is 1. The van der Waals surface area contributed by atoms with E-state index in [1.165, 1.54) is 0 Å². The molecule has 2 aromatic rings. The molecule has 0 saturated carbocycles. The van der Waals surface area contributed by atoms with E-state index in [1.54, 1.807) is 6.07 Å². The zero-order chi connectivity index (χ0) is 14.7. The third-order valence-corrected chi connectivity index (χ3v) is 3.23. The maximum Gasteiger partial charge on any atom is 0.262 e. The predicted octanol–water partition coefficient (Wildman–Crippen LogP) is 2.50. The first-order valence-corrected chi connectivity index (χ1v) is 6.55. The lowest BCUT2D eigenvalue weighted by atomic mass is 10.1. The molecule has 0 spiro atoms. The van der Waals surface area contributed by atoms with Crippen LogP contribution in [0.2, 0.25) is 0 Å². The molecule has 5 heteroatoms. The molecule has 1 heterocycles. The molecule has 0 aliphatic carbocycles. The van der Waals surface area contributed by atoms with E-state index in [4.69, 9.17) is 10.00 Å². The number of amides is 1. The molecule has 0 unspecified atom stereocenters. The van der Waals surface area contributed by atoms with Gasteiger partial charge >= 0.3 is 0 Å². The Morgan fingerprint density at radius 2 is 2.14 bits per heavy atom. The highest BCUT2D eigenvalue weighted by Crippen LogP contribution is 2.30. The summed E-state index contributed by atoms with van der Waals surface area (Å²) in [5.74, 6) is 0.507. The first-order valence-electron chi connectivity index (χ1n) is 6.55. The smallest absolute Gasteiger partial charge is 0.262 e. The summed E-state index contributed by atoms with van der Waals surface area (Å²) in [6.07, 6.45) is 0. The van der Waals surface area contributed by atoms with Crippen LogP contribution in [0.25, 0.3) is 0 Å². The van der Waals surface area contributed by atoms with Crippen molar-refractivity contribution in [2.75, 3.05) is 17.2 Å². The second kappa shape index (κ2) is 5.55. The number of carbonyl (C=O) groups excluding carboxylic acids is 1. The molecule has 1 amide bonds. The molecular weight excluding hydrogens is 266 g/mol. The van der Waals surface area contributed by atoms with E-state index < -0.39 is 0 Å². The lowest BCUT2D eigenvalue weighted by Gasteiger charge is -2.19. The van der Waals surface area contributed by atoms with Gasteiger partial charge < -0.3 is 15.4 Å². The van der Waals surface area contributed by atoms with Crippen LogP contribution in [0.3, 0.4) is 0 Å². The number of nitrogens with one attached hydrogen (secondary N) is 2. The van der Waals surface area contributed by atoms with E-state index in [2.05, 4.69) is 16.7 Å². The quantitative estimate of drug-likeness (QED) is 0.905. The van der Waals surface area contributed by atoms with Crippen LogP contribution in [0.15, 0.2) is 42.5 Å². The van der Waals surface area contributed by atoms with Gasteiger partial charge in [-0.25, -0.2) is 0 Å². The van der Waals surface area contributed by atoms with Crippen molar-refractivity contribution >= 4 is 17.3 Å². The summed E-state index contributed by atoms with van der Waals surface area (Å²) in [7, 11) is 0. The number of rotatable bonds is 3. The fourth-order valence-electron chi connectivity index (χ4n) is 2.17. The summed E-state index contributed by atoms with van der Waals surface area (Å²) in [4.78, 5) is 11.3. The van der Waals surface area contributed by atoms with Crippen molar-refractivity contribution in [2.24, 2.45) is 0 Å². The van der Waals surface area contributed by atoms with Gasteiger partial charge in [-0.05, 0) is 29.8 Å². The average molecular weight is 279 g/mol. The standard InChI is InChI=1S/C16H13N3O2/c17-8-11-3-1-2-4-12(11)9-18-13-5-6-15-14(7-13)19-16(20)10-21-15/h1-7,18H,9-10H2,(H,19,20). The van der Waals surface area contributed by atoms with Gasteiger partial charge in [-0.2, -0.15) is 5.26 Å². The molecule has 0 aromatic heterocycles. The van der Waals surface area contributed by atoms with E-state index in [9.17, 15) is 4.79 Å². The number of nitriles is 1. The highest BCUT2D eigenvalue weighted by Gasteiger charge is 2.15.